The molecular formula is C14H17NO4. The van der Waals surface area contributed by atoms with Crippen LogP contribution in [0.2, 0.25) is 0 Å². The summed E-state index contributed by atoms with van der Waals surface area (Å²) in [6, 6.07) is 7.33. The lowest BCUT2D eigenvalue weighted by molar-refractivity contribution is -0.152. The van der Waals surface area contributed by atoms with Crippen molar-refractivity contribution in [1.82, 2.24) is 5.32 Å². The van der Waals surface area contributed by atoms with Crippen LogP contribution in [0.25, 0.3) is 0 Å². The van der Waals surface area contributed by atoms with Gasteiger partial charge < -0.3 is 15.2 Å². The first-order chi connectivity index (χ1) is 9.02. The topological polar surface area (TPSA) is 75.6 Å². The van der Waals surface area contributed by atoms with Crippen LogP contribution in [-0.2, 0) is 9.59 Å². The van der Waals surface area contributed by atoms with Crippen molar-refractivity contribution in [3.63, 3.8) is 0 Å². The highest BCUT2D eigenvalue weighted by Gasteiger charge is 2.45. The Morgan fingerprint density at radius 2 is 1.95 bits per heavy atom. The van der Waals surface area contributed by atoms with Crippen LogP contribution >= 0.6 is 0 Å². The Morgan fingerprint density at radius 3 is 2.42 bits per heavy atom. The lowest BCUT2D eigenvalue weighted by Gasteiger charge is -2.38. The van der Waals surface area contributed by atoms with Gasteiger partial charge in [-0.3, -0.25) is 4.79 Å². The zero-order chi connectivity index (χ0) is 13.9. The van der Waals surface area contributed by atoms with E-state index in [0.717, 1.165) is 12.0 Å². The minimum atomic E-state index is -1.08. The number of aliphatic carboxylic acids is 1. The maximum atomic E-state index is 11.7. The number of hydrogen-bond donors (Lipinski definition) is 2. The van der Waals surface area contributed by atoms with E-state index in [1.54, 1.807) is 12.1 Å². The van der Waals surface area contributed by atoms with Crippen LogP contribution in [0.5, 0.6) is 5.75 Å². The molecule has 1 fully saturated rings. The summed E-state index contributed by atoms with van der Waals surface area (Å²) in [5, 5.41) is 11.6. The number of rotatable bonds is 5. The number of amides is 1. The molecule has 0 saturated heterocycles. The van der Waals surface area contributed by atoms with E-state index in [-0.39, 0.29) is 6.61 Å². The smallest absolute Gasteiger partial charge is 0.329 e. The zero-order valence-electron chi connectivity index (χ0n) is 10.8. The Labute approximate surface area is 111 Å². The summed E-state index contributed by atoms with van der Waals surface area (Å²) >= 11 is 0. The number of carboxylic acids is 1. The van der Waals surface area contributed by atoms with Crippen LogP contribution in [-0.4, -0.2) is 29.1 Å². The van der Waals surface area contributed by atoms with Crippen molar-refractivity contribution in [3.8, 4) is 5.75 Å². The van der Waals surface area contributed by atoms with Crippen molar-refractivity contribution in [1.29, 1.82) is 0 Å². The van der Waals surface area contributed by atoms with Crippen LogP contribution in [0, 0.1) is 6.92 Å². The van der Waals surface area contributed by atoms with Gasteiger partial charge in [0.1, 0.15) is 11.3 Å². The van der Waals surface area contributed by atoms with Crippen molar-refractivity contribution < 1.29 is 19.4 Å². The lowest BCUT2D eigenvalue weighted by Crippen LogP contribution is -2.59. The number of carbonyl (C=O) groups excluding carboxylic acids is 1. The predicted molar refractivity (Wildman–Crippen MR) is 69.0 cm³/mol. The molecule has 5 heteroatoms. The Balaban J connectivity index is 1.85. The molecule has 2 rings (SSSR count). The lowest BCUT2D eigenvalue weighted by atomic mass is 9.77. The van der Waals surface area contributed by atoms with E-state index in [1.165, 1.54) is 0 Å². The maximum absolute atomic E-state index is 11.7. The molecule has 2 N–H and O–H groups in total. The van der Waals surface area contributed by atoms with E-state index >= 15 is 0 Å². The van der Waals surface area contributed by atoms with E-state index in [1.807, 2.05) is 19.1 Å². The van der Waals surface area contributed by atoms with Crippen LogP contribution in [0.15, 0.2) is 24.3 Å². The van der Waals surface area contributed by atoms with Crippen molar-refractivity contribution in [2.24, 2.45) is 0 Å². The molecule has 102 valence electrons. The van der Waals surface area contributed by atoms with Gasteiger partial charge >= 0.3 is 5.97 Å². The number of nitrogens with one attached hydrogen (secondary N) is 1. The highest BCUT2D eigenvalue weighted by atomic mass is 16.5. The summed E-state index contributed by atoms with van der Waals surface area (Å²) in [5.41, 5.74) is 0.0318. The van der Waals surface area contributed by atoms with Crippen LogP contribution in [0.3, 0.4) is 0 Å². The fourth-order valence-corrected chi connectivity index (χ4v) is 2.01. The van der Waals surface area contributed by atoms with Gasteiger partial charge in [0, 0.05) is 0 Å². The summed E-state index contributed by atoms with van der Waals surface area (Å²) in [6.45, 7) is 1.79. The summed E-state index contributed by atoms with van der Waals surface area (Å²) in [6.07, 6.45) is 1.79. The van der Waals surface area contributed by atoms with Crippen molar-refractivity contribution in [3.05, 3.63) is 29.8 Å². The number of aryl methyl sites for hydroxylation is 1. The third kappa shape index (κ3) is 3.05. The molecule has 5 nitrogen and oxygen atoms in total. The first kappa shape index (κ1) is 13.4. The number of benzene rings is 1. The van der Waals surface area contributed by atoms with E-state index in [9.17, 15) is 9.59 Å². The van der Waals surface area contributed by atoms with Crippen molar-refractivity contribution in [2.45, 2.75) is 31.7 Å². The molecule has 0 heterocycles. The molecule has 1 amide bonds. The fraction of sp³-hybridized carbons (Fsp3) is 0.429. The van der Waals surface area contributed by atoms with Gasteiger partial charge in [0.2, 0.25) is 0 Å². The quantitative estimate of drug-likeness (QED) is 0.844. The van der Waals surface area contributed by atoms with E-state index in [0.29, 0.717) is 18.6 Å². The monoisotopic (exact) mass is 263 g/mol. The standard InChI is InChI=1S/C14H17NO4/c1-10-3-5-11(6-4-10)19-9-12(16)15-14(13(17)18)7-2-8-14/h3-6H,2,7-9H2,1H3,(H,15,16)(H,17,18). The van der Waals surface area contributed by atoms with E-state index in [2.05, 4.69) is 5.32 Å². The summed E-state index contributed by atoms with van der Waals surface area (Å²) < 4.78 is 5.31. The van der Waals surface area contributed by atoms with E-state index in [4.69, 9.17) is 9.84 Å². The Morgan fingerprint density at radius 1 is 1.32 bits per heavy atom. The minimum Gasteiger partial charge on any atom is -0.484 e. The molecule has 0 spiro atoms. The van der Waals surface area contributed by atoms with Crippen molar-refractivity contribution >= 4 is 11.9 Å². The third-order valence-corrected chi connectivity index (χ3v) is 3.39. The fourth-order valence-electron chi connectivity index (χ4n) is 2.01. The summed E-state index contributed by atoms with van der Waals surface area (Å²) in [7, 11) is 0. The second-order valence-electron chi connectivity index (χ2n) is 4.89. The largest absolute Gasteiger partial charge is 0.484 e. The molecule has 1 saturated carbocycles. The second kappa shape index (κ2) is 5.30. The Kier molecular flexibility index (Phi) is 3.74. The molecule has 19 heavy (non-hydrogen) atoms. The molecular weight excluding hydrogens is 246 g/mol. The molecule has 0 unspecified atom stereocenters. The zero-order valence-corrected chi connectivity index (χ0v) is 10.8. The normalized spacial score (nSPS) is 16.3. The number of hydrogen-bond acceptors (Lipinski definition) is 3. The first-order valence-electron chi connectivity index (χ1n) is 6.26. The van der Waals surface area contributed by atoms with Crippen LogP contribution < -0.4 is 10.1 Å². The second-order valence-corrected chi connectivity index (χ2v) is 4.89. The summed E-state index contributed by atoms with van der Waals surface area (Å²) in [4.78, 5) is 22.8. The average molecular weight is 263 g/mol. The third-order valence-electron chi connectivity index (χ3n) is 3.39. The number of carboxylic acid groups (broad SMARTS) is 1. The molecule has 1 aromatic carbocycles. The summed E-state index contributed by atoms with van der Waals surface area (Å²) in [5.74, 6) is -0.774. The Hall–Kier alpha value is -2.04. The molecule has 0 aromatic heterocycles. The van der Waals surface area contributed by atoms with Gasteiger partial charge in [-0.1, -0.05) is 17.7 Å². The highest BCUT2D eigenvalue weighted by molar-refractivity contribution is 5.88. The average Bonchev–Trinajstić information content (AvgIpc) is 2.32. The van der Waals surface area contributed by atoms with E-state index < -0.39 is 17.4 Å². The molecule has 1 aromatic rings. The van der Waals surface area contributed by atoms with Crippen LogP contribution in [0.4, 0.5) is 0 Å². The van der Waals surface area contributed by atoms with Gasteiger partial charge in [-0.15, -0.1) is 0 Å². The highest BCUT2D eigenvalue weighted by Crippen LogP contribution is 2.31. The Bertz CT molecular complexity index is 477. The van der Waals surface area contributed by atoms with Crippen molar-refractivity contribution in [2.75, 3.05) is 6.61 Å². The molecule has 1 aliphatic carbocycles. The van der Waals surface area contributed by atoms with Gasteiger partial charge in [-0.05, 0) is 38.3 Å². The van der Waals surface area contributed by atoms with Crippen LogP contribution in [0.1, 0.15) is 24.8 Å². The minimum absolute atomic E-state index is 0.169. The van der Waals surface area contributed by atoms with Gasteiger partial charge in [0.25, 0.3) is 5.91 Å². The molecule has 0 aliphatic heterocycles. The molecule has 0 atom stereocenters. The predicted octanol–water partition coefficient (Wildman–Crippen LogP) is 1.50. The van der Waals surface area contributed by atoms with Gasteiger partial charge in [0.15, 0.2) is 6.61 Å². The van der Waals surface area contributed by atoms with Gasteiger partial charge in [-0.25, -0.2) is 4.79 Å². The van der Waals surface area contributed by atoms with Gasteiger partial charge in [-0.2, -0.15) is 0 Å². The maximum Gasteiger partial charge on any atom is 0.329 e. The van der Waals surface area contributed by atoms with Gasteiger partial charge in [0.05, 0.1) is 0 Å². The molecule has 1 aliphatic rings. The molecule has 0 bridgehead atoms. The number of carbonyl (C=O) groups is 2. The first-order valence-corrected chi connectivity index (χ1v) is 6.26. The SMILES string of the molecule is Cc1ccc(OCC(=O)NC2(C(=O)O)CCC2)cc1. The number of ether oxygens (including phenoxy) is 1. The molecule has 0 radical (unpaired) electrons.